The van der Waals surface area contributed by atoms with Crippen LogP contribution in [0.2, 0.25) is 0 Å². The van der Waals surface area contributed by atoms with Crippen LogP contribution in [0.3, 0.4) is 0 Å². The van der Waals surface area contributed by atoms with Crippen LogP contribution in [0.25, 0.3) is 0 Å². The summed E-state index contributed by atoms with van der Waals surface area (Å²) in [5, 5.41) is 4.81. The molecule has 0 unspecified atom stereocenters. The minimum Gasteiger partial charge on any atom is -0.399 e. The van der Waals surface area contributed by atoms with Crippen molar-refractivity contribution in [3.05, 3.63) is 24.3 Å². The van der Waals surface area contributed by atoms with Crippen molar-refractivity contribution < 1.29 is 0 Å². The molecule has 12 heavy (non-hydrogen) atoms. The molecule has 5 heteroatoms. The van der Waals surface area contributed by atoms with Crippen molar-refractivity contribution in [2.45, 2.75) is 0 Å². The maximum absolute atomic E-state index is 5.48. The first-order valence-corrected chi connectivity index (χ1v) is 3.38. The van der Waals surface area contributed by atoms with Gasteiger partial charge >= 0.3 is 0 Å². The topological polar surface area (TPSA) is 93.7 Å². The van der Waals surface area contributed by atoms with Gasteiger partial charge in [-0.15, -0.1) is 5.10 Å². The summed E-state index contributed by atoms with van der Waals surface area (Å²) in [7, 11) is 0. The molecule has 0 aliphatic carbocycles. The molecule has 0 spiro atoms. The van der Waals surface area contributed by atoms with Gasteiger partial charge in [0.25, 0.3) is 0 Å². The molecular formula is C7H11N5. The van der Waals surface area contributed by atoms with Gasteiger partial charge in [0.05, 0.1) is 5.69 Å². The lowest BCUT2D eigenvalue weighted by Gasteiger charge is -2.10. The Kier molecular flexibility index (Phi) is 2.49. The second kappa shape index (κ2) is 3.59. The van der Waals surface area contributed by atoms with Gasteiger partial charge in [-0.25, -0.2) is 5.84 Å². The van der Waals surface area contributed by atoms with E-state index in [1.807, 2.05) is 0 Å². The monoisotopic (exact) mass is 165 g/mol. The van der Waals surface area contributed by atoms with E-state index in [1.54, 1.807) is 24.3 Å². The highest BCUT2D eigenvalue weighted by atomic mass is 15.6. The Balaban J connectivity index is 2.82. The highest BCUT2D eigenvalue weighted by Crippen LogP contribution is 2.12. The molecular weight excluding hydrogens is 154 g/mol. The van der Waals surface area contributed by atoms with Crippen molar-refractivity contribution in [2.24, 2.45) is 16.7 Å². The molecule has 0 aliphatic heterocycles. The first-order valence-electron chi connectivity index (χ1n) is 3.38. The van der Waals surface area contributed by atoms with E-state index in [4.69, 9.17) is 17.3 Å². The van der Waals surface area contributed by atoms with Crippen LogP contribution in [0.4, 0.5) is 11.4 Å². The Morgan fingerprint density at radius 1 is 1.25 bits per heavy atom. The van der Waals surface area contributed by atoms with Crippen LogP contribution in [0.1, 0.15) is 0 Å². The SMILES string of the molecule is N/C=N\N(N)c1ccc(N)cc1. The highest BCUT2D eigenvalue weighted by Gasteiger charge is 1.96. The van der Waals surface area contributed by atoms with Gasteiger partial charge in [0.15, 0.2) is 0 Å². The molecule has 1 rings (SSSR count). The zero-order chi connectivity index (χ0) is 8.97. The summed E-state index contributed by atoms with van der Waals surface area (Å²) in [6.07, 6.45) is 1.12. The molecule has 0 atom stereocenters. The number of hydrogen-bond acceptors (Lipinski definition) is 4. The average Bonchev–Trinajstić information content (AvgIpc) is 2.06. The zero-order valence-corrected chi connectivity index (χ0v) is 6.51. The van der Waals surface area contributed by atoms with E-state index in [9.17, 15) is 0 Å². The van der Waals surface area contributed by atoms with Crippen LogP contribution >= 0.6 is 0 Å². The fourth-order valence-corrected chi connectivity index (χ4v) is 0.766. The largest absolute Gasteiger partial charge is 0.399 e. The molecule has 0 saturated carbocycles. The van der Waals surface area contributed by atoms with Crippen molar-refractivity contribution >= 4 is 17.7 Å². The van der Waals surface area contributed by atoms with Gasteiger partial charge in [0.2, 0.25) is 0 Å². The Morgan fingerprint density at radius 2 is 1.83 bits per heavy atom. The van der Waals surface area contributed by atoms with Gasteiger partial charge in [-0.3, -0.25) is 0 Å². The number of hydrazine groups is 1. The second-order valence-corrected chi connectivity index (χ2v) is 2.20. The third-order valence-corrected chi connectivity index (χ3v) is 1.35. The van der Waals surface area contributed by atoms with E-state index in [1.165, 1.54) is 5.12 Å². The number of rotatable bonds is 2. The molecule has 0 amide bonds. The summed E-state index contributed by atoms with van der Waals surface area (Å²) in [6.45, 7) is 0. The molecule has 0 radical (unpaired) electrons. The molecule has 0 saturated heterocycles. The van der Waals surface area contributed by atoms with Gasteiger partial charge in [0, 0.05) is 5.69 Å². The van der Waals surface area contributed by atoms with Crippen molar-refractivity contribution in [3.8, 4) is 0 Å². The second-order valence-electron chi connectivity index (χ2n) is 2.20. The lowest BCUT2D eigenvalue weighted by Crippen LogP contribution is -2.25. The summed E-state index contributed by atoms with van der Waals surface area (Å²) in [6, 6.07) is 6.98. The predicted octanol–water partition coefficient (Wildman–Crippen LogP) is -0.149. The van der Waals surface area contributed by atoms with E-state index in [0.29, 0.717) is 5.69 Å². The Bertz CT molecular complexity index is 266. The van der Waals surface area contributed by atoms with E-state index < -0.39 is 0 Å². The van der Waals surface area contributed by atoms with Crippen LogP contribution in [-0.2, 0) is 0 Å². The third-order valence-electron chi connectivity index (χ3n) is 1.35. The number of hydrogen-bond donors (Lipinski definition) is 3. The first-order chi connectivity index (χ1) is 5.74. The van der Waals surface area contributed by atoms with Crippen LogP contribution < -0.4 is 22.4 Å². The van der Waals surface area contributed by atoms with E-state index in [2.05, 4.69) is 5.10 Å². The maximum Gasteiger partial charge on any atom is 0.108 e. The minimum atomic E-state index is 0.684. The number of nitrogen functional groups attached to an aromatic ring is 1. The third kappa shape index (κ3) is 1.86. The number of nitrogens with two attached hydrogens (primary N) is 3. The molecule has 0 aromatic heterocycles. The van der Waals surface area contributed by atoms with Gasteiger partial charge < -0.3 is 11.5 Å². The number of nitrogens with zero attached hydrogens (tertiary/aromatic N) is 2. The molecule has 1 aromatic rings. The molecule has 0 aliphatic rings. The molecule has 1 aromatic carbocycles. The molecule has 5 nitrogen and oxygen atoms in total. The normalized spacial score (nSPS) is 10.4. The van der Waals surface area contributed by atoms with Gasteiger partial charge in [-0.2, -0.15) is 5.12 Å². The summed E-state index contributed by atoms with van der Waals surface area (Å²) in [5.74, 6) is 5.47. The van der Waals surface area contributed by atoms with Gasteiger partial charge in [-0.1, -0.05) is 0 Å². The van der Waals surface area contributed by atoms with Crippen LogP contribution in [0, 0.1) is 0 Å². The fourth-order valence-electron chi connectivity index (χ4n) is 0.766. The van der Waals surface area contributed by atoms with Gasteiger partial charge in [0.1, 0.15) is 6.34 Å². The highest BCUT2D eigenvalue weighted by molar-refractivity contribution is 5.57. The zero-order valence-electron chi connectivity index (χ0n) is 6.51. The van der Waals surface area contributed by atoms with Crippen LogP contribution in [-0.4, -0.2) is 6.34 Å². The summed E-state index contributed by atoms with van der Waals surface area (Å²) < 4.78 is 0. The summed E-state index contributed by atoms with van der Waals surface area (Å²) in [5.41, 5.74) is 11.9. The quantitative estimate of drug-likeness (QED) is 0.187. The minimum absolute atomic E-state index is 0.684. The molecule has 0 heterocycles. The van der Waals surface area contributed by atoms with E-state index in [-0.39, 0.29) is 0 Å². The van der Waals surface area contributed by atoms with E-state index >= 15 is 0 Å². The van der Waals surface area contributed by atoms with Crippen LogP contribution in [0.15, 0.2) is 29.4 Å². The average molecular weight is 165 g/mol. The predicted molar refractivity (Wildman–Crippen MR) is 50.2 cm³/mol. The molecule has 64 valence electrons. The van der Waals surface area contributed by atoms with Crippen molar-refractivity contribution in [1.82, 2.24) is 0 Å². The molecule has 0 fully saturated rings. The van der Waals surface area contributed by atoms with Gasteiger partial charge in [-0.05, 0) is 24.3 Å². The molecule has 0 bridgehead atoms. The Hall–Kier alpha value is -1.75. The fraction of sp³-hybridized carbons (Fsp3) is 0. The van der Waals surface area contributed by atoms with Crippen molar-refractivity contribution in [2.75, 3.05) is 10.9 Å². The standard InChI is InChI=1S/C7H11N5/c8-5-11-12(10)7-3-1-6(9)2-4-7/h1-5H,9-10H2,(H2,8,11). The number of anilines is 2. The van der Waals surface area contributed by atoms with Crippen molar-refractivity contribution in [1.29, 1.82) is 0 Å². The number of hydrazone groups is 1. The van der Waals surface area contributed by atoms with E-state index in [0.717, 1.165) is 12.0 Å². The lowest BCUT2D eigenvalue weighted by atomic mass is 10.3. The Labute approximate surface area is 70.4 Å². The Morgan fingerprint density at radius 3 is 2.33 bits per heavy atom. The smallest absolute Gasteiger partial charge is 0.108 e. The maximum atomic E-state index is 5.48. The molecule has 6 N–H and O–H groups in total. The first kappa shape index (κ1) is 8.35. The van der Waals surface area contributed by atoms with Crippen molar-refractivity contribution in [3.63, 3.8) is 0 Å². The summed E-state index contributed by atoms with van der Waals surface area (Å²) in [4.78, 5) is 0. The number of benzene rings is 1. The summed E-state index contributed by atoms with van der Waals surface area (Å²) >= 11 is 0. The van der Waals surface area contributed by atoms with Crippen LogP contribution in [0.5, 0.6) is 0 Å². The lowest BCUT2D eigenvalue weighted by molar-refractivity contribution is 0.929.